The Morgan fingerprint density at radius 3 is 2.32 bits per heavy atom. The number of halogens is 2. The minimum Gasteiger partial charge on any atom is -0.351 e. The topological polar surface area (TPSA) is 41.1 Å². The largest absolute Gasteiger partial charge is 0.351 e. The van der Waals surface area contributed by atoms with Crippen molar-refractivity contribution in [3.63, 3.8) is 0 Å². The molecule has 1 N–H and O–H groups in total. The molecule has 0 saturated carbocycles. The Hall–Kier alpha value is -2.12. The van der Waals surface area contributed by atoms with Gasteiger partial charge in [0, 0.05) is 18.5 Å². The fourth-order valence-corrected chi connectivity index (χ4v) is 5.05. The van der Waals surface area contributed by atoms with Crippen LogP contribution in [0.5, 0.6) is 0 Å². The molecule has 1 aliphatic rings. The van der Waals surface area contributed by atoms with Gasteiger partial charge in [0.25, 0.3) is 0 Å². The van der Waals surface area contributed by atoms with Gasteiger partial charge in [-0.1, -0.05) is 54.6 Å². The Bertz CT molecular complexity index is 1200. The summed E-state index contributed by atoms with van der Waals surface area (Å²) in [5, 5.41) is 7.33. The number of aromatic nitrogens is 2. The van der Waals surface area contributed by atoms with Gasteiger partial charge in [0.1, 0.15) is 9.36 Å². The quantitative estimate of drug-likeness (QED) is 0.172. The summed E-state index contributed by atoms with van der Waals surface area (Å²) in [5.41, 5.74) is 2.24. The number of hydrogen-bond acceptors (Lipinski definition) is 4. The van der Waals surface area contributed by atoms with E-state index in [2.05, 4.69) is 100 Å². The van der Waals surface area contributed by atoms with Crippen molar-refractivity contribution in [3.05, 3.63) is 72.3 Å². The first kappa shape index (κ1) is 22.1. The summed E-state index contributed by atoms with van der Waals surface area (Å²) in [6.45, 7) is 4.28. The maximum atomic E-state index is 5.01. The zero-order valence-electron chi connectivity index (χ0n) is 17.5. The standard InChI is InChI=1S/C25H25IN4.ClH/c1-25(26,21-14-9-11-18-10-3-4-12-19(18)21)29-23-20-13-5-6-15-22(20)27-24(28-23)30-16-7-2-8-17-30;/h3-6,9-15H,2,7-8,16-17H2,1H3,(H,27,28,29);1H. The predicted molar refractivity (Wildman–Crippen MR) is 142 cm³/mol. The Balaban J connectivity index is 0.00000231. The molecule has 0 bridgehead atoms. The summed E-state index contributed by atoms with van der Waals surface area (Å²) in [5.74, 6) is 1.73. The summed E-state index contributed by atoms with van der Waals surface area (Å²) in [6, 6.07) is 23.4. The van der Waals surface area contributed by atoms with Crippen LogP contribution in [-0.2, 0) is 3.55 Å². The molecule has 1 atom stereocenters. The fourth-order valence-electron chi connectivity index (χ4n) is 4.32. The van der Waals surface area contributed by atoms with E-state index in [1.54, 1.807) is 0 Å². The summed E-state index contributed by atoms with van der Waals surface area (Å²) >= 11 is 2.51. The van der Waals surface area contributed by atoms with E-state index in [9.17, 15) is 0 Å². The van der Waals surface area contributed by atoms with Crippen molar-refractivity contribution < 1.29 is 0 Å². The van der Waals surface area contributed by atoms with E-state index in [-0.39, 0.29) is 16.0 Å². The van der Waals surface area contributed by atoms with Crippen molar-refractivity contribution in [1.82, 2.24) is 9.97 Å². The van der Waals surface area contributed by atoms with Gasteiger partial charge in [-0.3, -0.25) is 0 Å². The van der Waals surface area contributed by atoms with Crippen LogP contribution in [0.1, 0.15) is 31.7 Å². The molecule has 4 nitrogen and oxygen atoms in total. The second kappa shape index (κ2) is 9.17. The number of piperidine rings is 1. The van der Waals surface area contributed by atoms with Gasteiger partial charge in [-0.05, 0) is 77.2 Å². The van der Waals surface area contributed by atoms with E-state index in [1.807, 2.05) is 6.07 Å². The average Bonchev–Trinajstić information content (AvgIpc) is 2.79. The zero-order valence-corrected chi connectivity index (χ0v) is 20.5. The normalized spacial score (nSPS) is 16.0. The summed E-state index contributed by atoms with van der Waals surface area (Å²) in [6.07, 6.45) is 3.71. The molecule has 1 aromatic heterocycles. The number of fused-ring (bicyclic) bond motifs is 2. The summed E-state index contributed by atoms with van der Waals surface area (Å²) in [4.78, 5) is 12.2. The molecule has 5 rings (SSSR count). The van der Waals surface area contributed by atoms with Gasteiger partial charge in [0.05, 0.1) is 5.52 Å². The third-order valence-corrected chi connectivity index (χ3v) is 6.73. The van der Waals surface area contributed by atoms with Crippen LogP contribution >= 0.6 is 35.0 Å². The fraction of sp³-hybridized carbons (Fsp3) is 0.280. The molecule has 3 aromatic carbocycles. The Morgan fingerprint density at radius 2 is 1.52 bits per heavy atom. The predicted octanol–water partition coefficient (Wildman–Crippen LogP) is 6.91. The zero-order chi connectivity index (χ0) is 20.6. The van der Waals surface area contributed by atoms with E-state index in [0.717, 1.165) is 35.8 Å². The van der Waals surface area contributed by atoms with Gasteiger partial charge in [-0.15, -0.1) is 12.4 Å². The molecule has 0 spiro atoms. The molecule has 0 amide bonds. The van der Waals surface area contributed by atoms with Crippen LogP contribution in [0.2, 0.25) is 0 Å². The highest BCUT2D eigenvalue weighted by Crippen LogP contribution is 2.38. The molecule has 6 heteroatoms. The maximum Gasteiger partial charge on any atom is 0.227 e. The molecule has 2 heterocycles. The summed E-state index contributed by atoms with van der Waals surface area (Å²) in [7, 11) is 0. The van der Waals surface area contributed by atoms with Gasteiger partial charge in [-0.25, -0.2) is 4.98 Å². The van der Waals surface area contributed by atoms with Crippen molar-refractivity contribution in [2.24, 2.45) is 0 Å². The second-order valence-electron chi connectivity index (χ2n) is 8.09. The minimum atomic E-state index is -0.324. The highest BCUT2D eigenvalue weighted by Gasteiger charge is 2.27. The monoisotopic (exact) mass is 544 g/mol. The molecule has 1 saturated heterocycles. The molecule has 1 unspecified atom stereocenters. The molecule has 31 heavy (non-hydrogen) atoms. The third-order valence-electron chi connectivity index (χ3n) is 5.88. The molecule has 0 aliphatic carbocycles. The van der Waals surface area contributed by atoms with Crippen LogP contribution < -0.4 is 10.2 Å². The molecule has 160 valence electrons. The van der Waals surface area contributed by atoms with E-state index in [1.165, 1.54) is 35.6 Å². The number of benzene rings is 3. The second-order valence-corrected chi connectivity index (χ2v) is 10.2. The van der Waals surface area contributed by atoms with Gasteiger partial charge < -0.3 is 10.2 Å². The molecular weight excluding hydrogens is 519 g/mol. The number of nitrogens with one attached hydrogen (secondary N) is 1. The SMILES string of the molecule is CC(I)(Nc1nc(N2CCCCC2)nc2ccccc12)c1cccc2ccccc12.Cl. The van der Waals surface area contributed by atoms with Crippen molar-refractivity contribution in [2.45, 2.75) is 29.7 Å². The van der Waals surface area contributed by atoms with E-state index in [4.69, 9.17) is 9.97 Å². The molecule has 0 radical (unpaired) electrons. The van der Waals surface area contributed by atoms with Crippen molar-refractivity contribution >= 4 is 68.4 Å². The minimum absolute atomic E-state index is 0. The molecule has 4 aromatic rings. The lowest BCUT2D eigenvalue weighted by atomic mass is 9.99. The van der Waals surface area contributed by atoms with Crippen LogP contribution in [0.15, 0.2) is 66.7 Å². The van der Waals surface area contributed by atoms with Crippen LogP contribution in [0.3, 0.4) is 0 Å². The smallest absolute Gasteiger partial charge is 0.227 e. The number of anilines is 2. The van der Waals surface area contributed by atoms with Crippen molar-refractivity contribution in [2.75, 3.05) is 23.3 Å². The molecule has 1 aliphatic heterocycles. The van der Waals surface area contributed by atoms with Crippen molar-refractivity contribution in [1.29, 1.82) is 0 Å². The van der Waals surface area contributed by atoms with Crippen LogP contribution in [0.4, 0.5) is 11.8 Å². The number of alkyl halides is 1. The number of hydrogen-bond donors (Lipinski definition) is 1. The number of nitrogens with zero attached hydrogens (tertiary/aromatic N) is 3. The van der Waals surface area contributed by atoms with E-state index in [0.29, 0.717) is 0 Å². The highest BCUT2D eigenvalue weighted by molar-refractivity contribution is 14.1. The van der Waals surface area contributed by atoms with Crippen molar-refractivity contribution in [3.8, 4) is 0 Å². The van der Waals surface area contributed by atoms with Crippen LogP contribution in [0, 0.1) is 0 Å². The summed E-state index contributed by atoms with van der Waals surface area (Å²) < 4.78 is -0.324. The maximum absolute atomic E-state index is 5.01. The number of rotatable bonds is 4. The first-order chi connectivity index (χ1) is 14.6. The third kappa shape index (κ3) is 4.44. The molecular formula is C25H26ClIN4. The molecule has 1 fully saturated rings. The lowest BCUT2D eigenvalue weighted by Gasteiger charge is -2.30. The lowest BCUT2D eigenvalue weighted by Crippen LogP contribution is -2.32. The van der Waals surface area contributed by atoms with Gasteiger partial charge in [-0.2, -0.15) is 4.98 Å². The number of para-hydroxylation sites is 1. The Morgan fingerprint density at radius 1 is 0.839 bits per heavy atom. The van der Waals surface area contributed by atoms with Gasteiger partial charge >= 0.3 is 0 Å². The first-order valence-corrected chi connectivity index (χ1v) is 11.7. The van der Waals surface area contributed by atoms with Crippen LogP contribution in [0.25, 0.3) is 21.7 Å². The average molecular weight is 545 g/mol. The van der Waals surface area contributed by atoms with E-state index >= 15 is 0 Å². The lowest BCUT2D eigenvalue weighted by molar-refractivity contribution is 0.569. The first-order valence-electron chi connectivity index (χ1n) is 10.6. The Labute approximate surface area is 203 Å². The Kier molecular flexibility index (Phi) is 6.53. The van der Waals surface area contributed by atoms with Crippen LogP contribution in [-0.4, -0.2) is 23.1 Å². The van der Waals surface area contributed by atoms with Gasteiger partial charge in [0.15, 0.2) is 0 Å². The highest BCUT2D eigenvalue weighted by atomic mass is 127. The van der Waals surface area contributed by atoms with E-state index < -0.39 is 0 Å². The van der Waals surface area contributed by atoms with Gasteiger partial charge in [0.2, 0.25) is 5.95 Å².